The van der Waals surface area contributed by atoms with E-state index in [1.807, 2.05) is 0 Å². The topological polar surface area (TPSA) is 13.1 Å². The summed E-state index contributed by atoms with van der Waals surface area (Å²) in [7, 11) is 0. The largest absolute Gasteiger partial charge is 0.370 e. The molecule has 3 aromatic carbocycles. The van der Waals surface area contributed by atoms with E-state index in [0.717, 1.165) is 26.2 Å². The lowest BCUT2D eigenvalue weighted by Crippen LogP contribution is -2.33. The Hall–Kier alpha value is -3.46. The number of nitrogens with zero attached hydrogens (tertiary/aromatic N) is 3. The highest BCUT2D eigenvalue weighted by Gasteiger charge is 2.29. The molecule has 0 unspecified atom stereocenters. The average Bonchev–Trinajstić information content (AvgIpc) is 3.49. The number of rotatable bonds is 4. The molecule has 0 amide bonds. The van der Waals surface area contributed by atoms with Gasteiger partial charge in [-0.3, -0.25) is 0 Å². The summed E-state index contributed by atoms with van der Waals surface area (Å²) in [4.78, 5) is 2.68. The third-order valence-corrected chi connectivity index (χ3v) is 9.08. The van der Waals surface area contributed by atoms with Crippen LogP contribution in [0.4, 0.5) is 5.69 Å². The molecule has 5 heterocycles. The first-order chi connectivity index (χ1) is 17.8. The van der Waals surface area contributed by atoms with Crippen molar-refractivity contribution >= 4 is 27.5 Å². The molecule has 3 heteroatoms. The molecular weight excluding hydrogens is 438 g/mol. The lowest BCUT2D eigenvalue weighted by molar-refractivity contribution is 0.623. The van der Waals surface area contributed by atoms with Gasteiger partial charge in [0.1, 0.15) is 0 Å². The smallest absolute Gasteiger partial charge is 0.0515 e. The predicted molar refractivity (Wildman–Crippen MR) is 149 cm³/mol. The molecule has 0 spiro atoms. The molecule has 3 aliphatic heterocycles. The van der Waals surface area contributed by atoms with E-state index in [1.54, 1.807) is 0 Å². The first kappa shape index (κ1) is 20.7. The van der Waals surface area contributed by atoms with Gasteiger partial charge < -0.3 is 14.0 Å². The molecule has 8 rings (SSSR count). The maximum atomic E-state index is 2.68. The van der Waals surface area contributed by atoms with Crippen LogP contribution in [0.5, 0.6) is 0 Å². The van der Waals surface area contributed by atoms with Crippen molar-refractivity contribution in [2.24, 2.45) is 0 Å². The van der Waals surface area contributed by atoms with Crippen molar-refractivity contribution in [1.29, 1.82) is 0 Å². The lowest BCUT2D eigenvalue weighted by atomic mass is 9.88. The Morgan fingerprint density at radius 2 is 1.14 bits per heavy atom. The molecule has 2 aromatic heterocycles. The van der Waals surface area contributed by atoms with E-state index in [1.165, 1.54) is 93.8 Å². The van der Waals surface area contributed by atoms with E-state index in [0.29, 0.717) is 5.92 Å². The van der Waals surface area contributed by atoms with Gasteiger partial charge in [-0.1, -0.05) is 54.6 Å². The molecule has 0 saturated carbocycles. The zero-order valence-corrected chi connectivity index (χ0v) is 20.9. The van der Waals surface area contributed by atoms with Gasteiger partial charge in [0.2, 0.25) is 0 Å². The van der Waals surface area contributed by atoms with Crippen molar-refractivity contribution < 1.29 is 0 Å². The molecule has 0 bridgehead atoms. The van der Waals surface area contributed by atoms with Crippen LogP contribution >= 0.6 is 0 Å². The molecule has 5 aromatic rings. The van der Waals surface area contributed by atoms with Gasteiger partial charge in [-0.2, -0.15) is 0 Å². The highest BCUT2D eigenvalue weighted by atomic mass is 15.1. The van der Waals surface area contributed by atoms with E-state index in [2.05, 4.69) is 87.1 Å². The standard InChI is InChI=1S/C33H33N3/c1-2-16-31-23(8-1)11-5-17-34(31)20-30(28-21-35-18-6-12-24-9-3-14-26(28)32(24)35)29-22-36-19-7-13-25-10-4-15-27(29)33(25)36/h1-4,8-10,14-16,21-22,30H,5-7,11-13,17-20H2. The van der Waals surface area contributed by atoms with Gasteiger partial charge in [0.05, 0.1) is 11.0 Å². The summed E-state index contributed by atoms with van der Waals surface area (Å²) < 4.78 is 5.12. The van der Waals surface area contributed by atoms with Crippen LogP contribution in [0.2, 0.25) is 0 Å². The summed E-state index contributed by atoms with van der Waals surface area (Å²) in [6, 6.07) is 23.1. The zero-order chi connectivity index (χ0) is 23.6. The third-order valence-electron chi connectivity index (χ3n) is 9.08. The molecule has 3 nitrogen and oxygen atoms in total. The number of hydrogen-bond donors (Lipinski definition) is 0. The summed E-state index contributed by atoms with van der Waals surface area (Å²) >= 11 is 0. The van der Waals surface area contributed by atoms with E-state index in [-0.39, 0.29) is 0 Å². The Kier molecular flexibility index (Phi) is 4.62. The fraction of sp³-hybridized carbons (Fsp3) is 0.333. The molecule has 3 aliphatic rings. The normalized spacial score (nSPS) is 16.8. The van der Waals surface area contributed by atoms with E-state index >= 15 is 0 Å². The Bertz CT molecular complexity index is 1530. The SMILES string of the molecule is c1ccc2c(c1)CCCN2CC(c1cn2c3c(cccc13)CCC2)c1cn2c3c(cccc13)CCC2. The molecule has 36 heavy (non-hydrogen) atoms. The fourth-order valence-electron chi connectivity index (χ4n) is 7.51. The summed E-state index contributed by atoms with van der Waals surface area (Å²) in [5, 5.41) is 2.93. The number of aromatic nitrogens is 2. The fourth-order valence-corrected chi connectivity index (χ4v) is 7.51. The highest BCUT2D eigenvalue weighted by molar-refractivity contribution is 5.92. The molecule has 0 aliphatic carbocycles. The van der Waals surface area contributed by atoms with Crippen LogP contribution < -0.4 is 4.90 Å². The molecule has 0 atom stereocenters. The van der Waals surface area contributed by atoms with Gasteiger partial charge >= 0.3 is 0 Å². The second kappa shape index (κ2) is 8.03. The molecule has 0 fully saturated rings. The summed E-state index contributed by atoms with van der Waals surface area (Å²) in [6.07, 6.45) is 12.4. The van der Waals surface area contributed by atoms with Crippen molar-refractivity contribution in [3.8, 4) is 0 Å². The summed E-state index contributed by atoms with van der Waals surface area (Å²) in [5.41, 5.74) is 12.0. The maximum absolute atomic E-state index is 2.68. The van der Waals surface area contributed by atoms with E-state index < -0.39 is 0 Å². The quantitative estimate of drug-likeness (QED) is 0.273. The van der Waals surface area contributed by atoms with Gasteiger partial charge in [-0.05, 0) is 72.4 Å². The highest BCUT2D eigenvalue weighted by Crippen LogP contribution is 2.42. The zero-order valence-electron chi connectivity index (χ0n) is 20.9. The van der Waals surface area contributed by atoms with Gasteiger partial charge in [0.25, 0.3) is 0 Å². The van der Waals surface area contributed by atoms with Gasteiger partial charge in [0.15, 0.2) is 0 Å². The number of benzene rings is 3. The van der Waals surface area contributed by atoms with Crippen LogP contribution in [0.3, 0.4) is 0 Å². The lowest BCUT2D eigenvalue weighted by Gasteiger charge is -2.34. The van der Waals surface area contributed by atoms with Crippen molar-refractivity contribution in [3.05, 3.63) is 101 Å². The first-order valence-electron chi connectivity index (χ1n) is 13.9. The first-order valence-corrected chi connectivity index (χ1v) is 13.9. The van der Waals surface area contributed by atoms with Crippen LogP contribution in [0, 0.1) is 0 Å². The molecular formula is C33H33N3. The molecule has 0 saturated heterocycles. The monoisotopic (exact) mass is 471 g/mol. The number of fused-ring (bicyclic) bond motifs is 1. The average molecular weight is 472 g/mol. The van der Waals surface area contributed by atoms with Crippen LogP contribution in [0.25, 0.3) is 21.8 Å². The minimum absolute atomic E-state index is 0.338. The molecule has 0 N–H and O–H groups in total. The van der Waals surface area contributed by atoms with Crippen molar-refractivity contribution in [3.63, 3.8) is 0 Å². The predicted octanol–water partition coefficient (Wildman–Crippen LogP) is 7.07. The number of aryl methyl sites for hydroxylation is 5. The van der Waals surface area contributed by atoms with Crippen LogP contribution in [-0.2, 0) is 32.4 Å². The Labute approximate surface area is 213 Å². The van der Waals surface area contributed by atoms with Crippen LogP contribution in [0.1, 0.15) is 53.0 Å². The van der Waals surface area contributed by atoms with Crippen molar-refractivity contribution in [1.82, 2.24) is 9.13 Å². The second-order valence-corrected chi connectivity index (χ2v) is 11.1. The van der Waals surface area contributed by atoms with Gasteiger partial charge in [0, 0.05) is 61.0 Å². The molecule has 180 valence electrons. The van der Waals surface area contributed by atoms with Crippen LogP contribution in [0.15, 0.2) is 73.1 Å². The van der Waals surface area contributed by atoms with Crippen molar-refractivity contribution in [2.45, 2.75) is 57.5 Å². The number of anilines is 1. The minimum atomic E-state index is 0.338. The maximum Gasteiger partial charge on any atom is 0.0515 e. The van der Waals surface area contributed by atoms with Gasteiger partial charge in [-0.15, -0.1) is 0 Å². The van der Waals surface area contributed by atoms with Crippen molar-refractivity contribution in [2.75, 3.05) is 18.0 Å². The Morgan fingerprint density at radius 1 is 0.583 bits per heavy atom. The Balaban J connectivity index is 1.35. The second-order valence-electron chi connectivity index (χ2n) is 11.1. The van der Waals surface area contributed by atoms with Crippen LogP contribution in [-0.4, -0.2) is 22.2 Å². The third kappa shape index (κ3) is 3.05. The molecule has 0 radical (unpaired) electrons. The van der Waals surface area contributed by atoms with Gasteiger partial charge in [-0.25, -0.2) is 0 Å². The minimum Gasteiger partial charge on any atom is -0.370 e. The van der Waals surface area contributed by atoms with E-state index in [4.69, 9.17) is 0 Å². The Morgan fingerprint density at radius 3 is 1.81 bits per heavy atom. The summed E-state index contributed by atoms with van der Waals surface area (Å²) in [6.45, 7) is 4.45. The number of hydrogen-bond acceptors (Lipinski definition) is 1. The summed E-state index contributed by atoms with van der Waals surface area (Å²) in [5.74, 6) is 0.338. The number of para-hydroxylation sites is 3. The van der Waals surface area contributed by atoms with E-state index in [9.17, 15) is 0 Å².